The minimum absolute atomic E-state index is 0.108. The van der Waals surface area contributed by atoms with E-state index in [1.165, 1.54) is 11.8 Å². The predicted octanol–water partition coefficient (Wildman–Crippen LogP) is 2.04. The molecule has 1 aromatic rings. The third kappa shape index (κ3) is 6.62. The molecule has 2 amide bonds. The van der Waals surface area contributed by atoms with Gasteiger partial charge >= 0.3 is 5.97 Å². The molecule has 0 saturated heterocycles. The van der Waals surface area contributed by atoms with Crippen molar-refractivity contribution in [2.75, 3.05) is 24.2 Å². The van der Waals surface area contributed by atoms with Crippen LogP contribution in [0.3, 0.4) is 0 Å². The van der Waals surface area contributed by atoms with Gasteiger partial charge in [-0.3, -0.25) is 14.4 Å². The second kappa shape index (κ2) is 9.97. The summed E-state index contributed by atoms with van der Waals surface area (Å²) in [5.74, 6) is -0.823. The second-order valence-electron chi connectivity index (χ2n) is 5.29. The average Bonchev–Trinajstić information content (AvgIpc) is 2.54. The fourth-order valence-corrected chi connectivity index (χ4v) is 2.68. The Bertz CT molecular complexity index is 584. The monoisotopic (exact) mass is 352 g/mol. The van der Waals surface area contributed by atoms with Gasteiger partial charge in [0.25, 0.3) is 0 Å². The second-order valence-corrected chi connectivity index (χ2v) is 6.62. The molecule has 0 fully saturated rings. The highest BCUT2D eigenvalue weighted by Gasteiger charge is 2.16. The van der Waals surface area contributed by atoms with Gasteiger partial charge in [0.1, 0.15) is 0 Å². The van der Waals surface area contributed by atoms with E-state index in [9.17, 15) is 14.4 Å². The summed E-state index contributed by atoms with van der Waals surface area (Å²) >= 11 is 1.17. The number of aryl methyl sites for hydroxylation is 2. The number of esters is 1. The fourth-order valence-electron chi connectivity index (χ4n) is 1.98. The molecule has 0 aromatic heterocycles. The summed E-state index contributed by atoms with van der Waals surface area (Å²) in [7, 11) is 0. The number of anilines is 1. The first-order valence-electron chi connectivity index (χ1n) is 7.76. The van der Waals surface area contributed by atoms with Crippen molar-refractivity contribution in [1.29, 1.82) is 0 Å². The van der Waals surface area contributed by atoms with E-state index >= 15 is 0 Å². The number of carbonyl (C=O) groups excluding carboxylic acids is 3. The maximum absolute atomic E-state index is 12.0. The zero-order valence-electron chi connectivity index (χ0n) is 14.5. The molecule has 0 saturated carbocycles. The third-order valence-electron chi connectivity index (χ3n) is 3.29. The van der Waals surface area contributed by atoms with E-state index in [4.69, 9.17) is 4.74 Å². The van der Waals surface area contributed by atoms with Crippen LogP contribution in [-0.4, -0.2) is 41.9 Å². The van der Waals surface area contributed by atoms with Crippen LogP contribution in [-0.2, 0) is 19.1 Å². The van der Waals surface area contributed by atoms with Crippen LogP contribution in [0.15, 0.2) is 18.2 Å². The molecule has 1 aromatic carbocycles. The molecule has 0 heterocycles. The van der Waals surface area contributed by atoms with Crippen molar-refractivity contribution in [3.05, 3.63) is 29.3 Å². The molecule has 0 aliphatic heterocycles. The maximum atomic E-state index is 12.0. The van der Waals surface area contributed by atoms with Crippen LogP contribution < -0.4 is 10.6 Å². The van der Waals surface area contributed by atoms with Gasteiger partial charge in [-0.25, -0.2) is 0 Å². The number of para-hydroxylation sites is 1. The highest BCUT2D eigenvalue weighted by Crippen LogP contribution is 2.19. The van der Waals surface area contributed by atoms with Crippen molar-refractivity contribution < 1.29 is 19.1 Å². The number of thioether (sulfide) groups is 1. The van der Waals surface area contributed by atoms with Gasteiger partial charge in [0.15, 0.2) is 0 Å². The summed E-state index contributed by atoms with van der Waals surface area (Å²) in [6, 6.07) is 5.75. The van der Waals surface area contributed by atoms with Crippen molar-refractivity contribution in [2.24, 2.45) is 0 Å². The summed E-state index contributed by atoms with van der Waals surface area (Å²) in [6.45, 7) is 7.44. The average molecular weight is 352 g/mol. The molecule has 0 spiro atoms. The van der Waals surface area contributed by atoms with Gasteiger partial charge in [-0.1, -0.05) is 18.2 Å². The number of benzene rings is 1. The van der Waals surface area contributed by atoms with E-state index in [2.05, 4.69) is 10.6 Å². The van der Waals surface area contributed by atoms with Crippen molar-refractivity contribution in [1.82, 2.24) is 5.32 Å². The van der Waals surface area contributed by atoms with Crippen LogP contribution in [0.5, 0.6) is 0 Å². The summed E-state index contributed by atoms with van der Waals surface area (Å²) < 4.78 is 4.80. The maximum Gasteiger partial charge on any atom is 0.315 e. The molecule has 0 aliphatic carbocycles. The Kier molecular flexibility index (Phi) is 8.32. The summed E-state index contributed by atoms with van der Waals surface area (Å²) in [6.07, 6.45) is 0. The van der Waals surface area contributed by atoms with Gasteiger partial charge in [-0.05, 0) is 38.8 Å². The van der Waals surface area contributed by atoms with Crippen molar-refractivity contribution in [2.45, 2.75) is 32.9 Å². The van der Waals surface area contributed by atoms with Crippen molar-refractivity contribution >= 4 is 35.2 Å². The first-order valence-corrected chi connectivity index (χ1v) is 8.81. The lowest BCUT2D eigenvalue weighted by Gasteiger charge is -2.13. The Morgan fingerprint density at radius 2 is 1.83 bits per heavy atom. The lowest BCUT2D eigenvalue weighted by Crippen LogP contribution is -2.37. The van der Waals surface area contributed by atoms with E-state index in [1.54, 1.807) is 13.8 Å². The normalized spacial score (nSPS) is 11.5. The van der Waals surface area contributed by atoms with Gasteiger partial charge in [-0.2, -0.15) is 0 Å². The van der Waals surface area contributed by atoms with Crippen molar-refractivity contribution in [3.8, 4) is 0 Å². The molecule has 0 aliphatic rings. The van der Waals surface area contributed by atoms with Gasteiger partial charge < -0.3 is 15.4 Å². The molecule has 1 rings (SSSR count). The molecular weight excluding hydrogens is 328 g/mol. The molecule has 0 radical (unpaired) electrons. The lowest BCUT2D eigenvalue weighted by molar-refractivity contribution is -0.139. The van der Waals surface area contributed by atoms with E-state index in [0.29, 0.717) is 6.61 Å². The van der Waals surface area contributed by atoms with Gasteiger partial charge in [0.05, 0.1) is 24.2 Å². The standard InChI is InChI=1S/C17H24N2O4S/c1-5-23-15(21)10-24-13(4)17(22)18-9-14(20)19-16-11(2)7-6-8-12(16)3/h6-8,13H,5,9-10H2,1-4H3,(H,18,22)(H,19,20)/t13-/m0/s1. The largest absolute Gasteiger partial charge is 0.465 e. The molecule has 7 heteroatoms. The third-order valence-corrected chi connectivity index (χ3v) is 4.41. The van der Waals surface area contributed by atoms with E-state index < -0.39 is 5.25 Å². The Morgan fingerprint density at radius 3 is 2.42 bits per heavy atom. The molecule has 24 heavy (non-hydrogen) atoms. The van der Waals surface area contributed by atoms with Crippen LogP contribution in [0.4, 0.5) is 5.69 Å². The molecule has 132 valence electrons. The summed E-state index contributed by atoms with van der Waals surface area (Å²) in [4.78, 5) is 35.2. The van der Waals surface area contributed by atoms with Crippen LogP contribution in [0.2, 0.25) is 0 Å². The Hall–Kier alpha value is -2.02. The molecule has 0 unspecified atom stereocenters. The summed E-state index contributed by atoms with van der Waals surface area (Å²) in [5.41, 5.74) is 2.70. The number of nitrogens with one attached hydrogen (secondary N) is 2. The van der Waals surface area contributed by atoms with E-state index in [-0.39, 0.29) is 30.1 Å². The topological polar surface area (TPSA) is 84.5 Å². The number of carbonyl (C=O) groups is 3. The minimum atomic E-state index is -0.442. The first-order chi connectivity index (χ1) is 11.3. The van der Waals surface area contributed by atoms with Crippen LogP contribution >= 0.6 is 11.8 Å². The zero-order valence-corrected chi connectivity index (χ0v) is 15.3. The highest BCUT2D eigenvalue weighted by atomic mass is 32.2. The molecular formula is C17H24N2O4S. The fraction of sp³-hybridized carbons (Fsp3) is 0.471. The van der Waals surface area contributed by atoms with Crippen molar-refractivity contribution in [3.63, 3.8) is 0 Å². The first kappa shape index (κ1) is 20.0. The van der Waals surface area contributed by atoms with Gasteiger partial charge in [0, 0.05) is 5.69 Å². The Morgan fingerprint density at radius 1 is 1.21 bits per heavy atom. The Labute approximate surface area is 146 Å². The highest BCUT2D eigenvalue weighted by molar-refractivity contribution is 8.01. The van der Waals surface area contributed by atoms with E-state index in [0.717, 1.165) is 16.8 Å². The predicted molar refractivity (Wildman–Crippen MR) is 96.1 cm³/mol. The smallest absolute Gasteiger partial charge is 0.315 e. The lowest BCUT2D eigenvalue weighted by atomic mass is 10.1. The molecule has 6 nitrogen and oxygen atoms in total. The minimum Gasteiger partial charge on any atom is -0.465 e. The van der Waals surface area contributed by atoms with Gasteiger partial charge in [0.2, 0.25) is 11.8 Å². The SMILES string of the molecule is CCOC(=O)CS[C@@H](C)C(=O)NCC(=O)Nc1c(C)cccc1C. The molecule has 1 atom stereocenters. The van der Waals surface area contributed by atoms with Crippen LogP contribution in [0.1, 0.15) is 25.0 Å². The molecule has 0 bridgehead atoms. The van der Waals surface area contributed by atoms with Crippen LogP contribution in [0, 0.1) is 13.8 Å². The number of rotatable bonds is 8. The number of amides is 2. The number of ether oxygens (including phenoxy) is 1. The van der Waals surface area contributed by atoms with Crippen LogP contribution in [0.25, 0.3) is 0 Å². The Balaban J connectivity index is 2.40. The number of hydrogen-bond donors (Lipinski definition) is 2. The van der Waals surface area contributed by atoms with E-state index in [1.807, 2.05) is 32.0 Å². The molecule has 2 N–H and O–H groups in total. The summed E-state index contributed by atoms with van der Waals surface area (Å²) in [5, 5.41) is 4.94. The number of hydrogen-bond acceptors (Lipinski definition) is 5. The van der Waals surface area contributed by atoms with Gasteiger partial charge in [-0.15, -0.1) is 11.8 Å². The zero-order chi connectivity index (χ0) is 18.1. The quantitative estimate of drug-likeness (QED) is 0.700.